The molecule has 1 aliphatic carbocycles. The third-order valence-corrected chi connectivity index (χ3v) is 11.9. The Morgan fingerprint density at radius 3 is 2.24 bits per heavy atom. The number of hydrogen-bond acceptors (Lipinski definition) is 9. The number of rotatable bonds is 15. The Morgan fingerprint density at radius 2 is 1.76 bits per heavy atom. The van der Waals surface area contributed by atoms with Crippen LogP contribution in [-0.2, 0) is 29.1 Å². The second kappa shape index (κ2) is 23.1. The van der Waals surface area contributed by atoms with Crippen LogP contribution in [0.2, 0.25) is 0 Å². The van der Waals surface area contributed by atoms with Gasteiger partial charge in [0.15, 0.2) is 5.60 Å². The highest BCUT2D eigenvalue weighted by molar-refractivity contribution is 7.91. The number of likely N-dealkylation sites (tertiary alicyclic amines) is 1. The minimum absolute atomic E-state index is 0. The topological polar surface area (TPSA) is 221 Å². The van der Waals surface area contributed by atoms with Gasteiger partial charge in [-0.25, -0.2) is 26.4 Å². The fourth-order valence-corrected chi connectivity index (χ4v) is 7.27. The number of alkyl halides is 3. The van der Waals surface area contributed by atoms with Crippen LogP contribution >= 0.6 is 0 Å². The number of nitrogens with two attached hydrogens (primary N) is 2. The Balaban J connectivity index is -0.000000748. The SMILES string of the molecule is C/C=C\CC[C@H](C)C[C@@H](C)CC(=O)N1CCC[C@H]1C(N)=O.CC(=O)NS(=O)(=O)C1(CF)CC1.CC(F)(F)C(C)(C)OC(N)=O.CCOc1ccc2c(=O)[nH]ccc2c1.[HH].[HH].[HH]. The van der Waals surface area contributed by atoms with Crippen LogP contribution in [0.25, 0.3) is 10.8 Å². The number of amides is 4. The number of pyridine rings is 1. The summed E-state index contributed by atoms with van der Waals surface area (Å²) in [6, 6.07) is 6.94. The molecule has 18 heteroatoms. The molecule has 1 saturated heterocycles. The molecule has 0 unspecified atom stereocenters. The van der Waals surface area contributed by atoms with Crippen LogP contribution in [0.1, 0.15) is 111 Å². The van der Waals surface area contributed by atoms with Gasteiger partial charge in [-0.3, -0.25) is 23.9 Å². The molecule has 3 atom stereocenters. The van der Waals surface area contributed by atoms with Crippen molar-refractivity contribution in [2.24, 2.45) is 23.3 Å². The molecule has 0 radical (unpaired) electrons. The molecule has 2 aliphatic rings. The molecule has 334 valence electrons. The van der Waals surface area contributed by atoms with Gasteiger partial charge in [0.25, 0.3) is 11.5 Å². The third kappa shape index (κ3) is 16.7. The first kappa shape index (κ1) is 51.4. The molecular weight excluding hydrogens is 784 g/mol. The lowest BCUT2D eigenvalue weighted by Gasteiger charge is -2.29. The molecule has 2 fully saturated rings. The maximum atomic E-state index is 12.5. The Bertz CT molecular complexity index is 1880. The minimum Gasteiger partial charge on any atom is -0.494 e. The Kier molecular flexibility index (Phi) is 20.5. The van der Waals surface area contributed by atoms with Crippen molar-refractivity contribution in [1.29, 1.82) is 0 Å². The zero-order valence-electron chi connectivity index (χ0n) is 34.9. The number of nitrogens with one attached hydrogen (secondary N) is 2. The molecule has 2 heterocycles. The lowest BCUT2D eigenvalue weighted by molar-refractivity contribution is -0.148. The first-order chi connectivity index (χ1) is 26.9. The largest absolute Gasteiger partial charge is 0.494 e. The molecule has 0 bridgehead atoms. The van der Waals surface area contributed by atoms with Gasteiger partial charge in [0.2, 0.25) is 27.7 Å². The van der Waals surface area contributed by atoms with Crippen molar-refractivity contribution in [2.45, 2.75) is 129 Å². The van der Waals surface area contributed by atoms with Crippen molar-refractivity contribution >= 4 is 44.6 Å². The van der Waals surface area contributed by atoms with Crippen LogP contribution in [-0.4, -0.2) is 84.3 Å². The van der Waals surface area contributed by atoms with Gasteiger partial charge in [0.1, 0.15) is 23.2 Å². The molecular formula is C40H68F3N5O9S. The normalized spacial score (nSPS) is 16.9. The maximum Gasteiger partial charge on any atom is 0.405 e. The summed E-state index contributed by atoms with van der Waals surface area (Å²) in [7, 11) is -3.77. The van der Waals surface area contributed by atoms with Gasteiger partial charge in [-0.15, -0.1) is 0 Å². The number of hydrogen-bond donors (Lipinski definition) is 4. The number of sulfonamides is 1. The summed E-state index contributed by atoms with van der Waals surface area (Å²) in [4.78, 5) is 59.9. The minimum atomic E-state index is -3.77. The molecule has 1 aliphatic heterocycles. The predicted octanol–water partition coefficient (Wildman–Crippen LogP) is 7.01. The van der Waals surface area contributed by atoms with Crippen molar-refractivity contribution in [3.8, 4) is 5.75 Å². The number of primary amides is 2. The first-order valence-corrected chi connectivity index (χ1v) is 20.7. The molecule has 1 aromatic heterocycles. The molecule has 58 heavy (non-hydrogen) atoms. The van der Waals surface area contributed by atoms with Crippen LogP contribution in [0.15, 0.2) is 47.4 Å². The van der Waals surface area contributed by atoms with E-state index in [1.165, 1.54) is 0 Å². The number of ether oxygens (including phenoxy) is 2. The molecule has 14 nitrogen and oxygen atoms in total. The number of carbonyl (C=O) groups excluding carboxylic acids is 4. The number of halogens is 3. The van der Waals surface area contributed by atoms with Crippen molar-refractivity contribution < 1.29 is 54.5 Å². The Hall–Kier alpha value is -4.61. The smallest absolute Gasteiger partial charge is 0.405 e. The van der Waals surface area contributed by atoms with E-state index in [0.717, 1.165) is 64.0 Å². The van der Waals surface area contributed by atoms with E-state index in [2.05, 4.69) is 41.5 Å². The van der Waals surface area contributed by atoms with Gasteiger partial charge in [-0.1, -0.05) is 26.0 Å². The number of carbonyl (C=O) groups is 4. The summed E-state index contributed by atoms with van der Waals surface area (Å²) in [5, 5.41) is 1.59. The molecule has 4 rings (SSSR count). The first-order valence-electron chi connectivity index (χ1n) is 19.3. The average molecular weight is 852 g/mol. The second-order valence-electron chi connectivity index (χ2n) is 15.2. The van der Waals surface area contributed by atoms with Crippen LogP contribution in [0.3, 0.4) is 0 Å². The van der Waals surface area contributed by atoms with Crippen LogP contribution in [0.5, 0.6) is 5.75 Å². The summed E-state index contributed by atoms with van der Waals surface area (Å²) in [5.74, 6) is -2.28. The number of fused-ring (bicyclic) bond motifs is 1. The van der Waals surface area contributed by atoms with Gasteiger partial charge in [-0.05, 0) is 114 Å². The third-order valence-electron chi connectivity index (χ3n) is 9.66. The number of allylic oxidation sites excluding steroid dienone is 2. The molecule has 2 aromatic rings. The number of aromatic nitrogens is 1. The maximum absolute atomic E-state index is 12.5. The van der Waals surface area contributed by atoms with Crippen LogP contribution in [0.4, 0.5) is 18.0 Å². The van der Waals surface area contributed by atoms with E-state index >= 15 is 0 Å². The van der Waals surface area contributed by atoms with E-state index in [0.29, 0.717) is 56.6 Å². The molecule has 6 N–H and O–H groups in total. The fourth-order valence-electron chi connectivity index (χ4n) is 5.89. The lowest BCUT2D eigenvalue weighted by Crippen LogP contribution is -2.45. The summed E-state index contributed by atoms with van der Waals surface area (Å²) in [6.45, 7) is 12.7. The molecule has 1 saturated carbocycles. The number of benzene rings is 1. The van der Waals surface area contributed by atoms with Crippen molar-refractivity contribution in [3.05, 3.63) is 53.0 Å². The average Bonchev–Trinajstić information content (AvgIpc) is 3.76. The zero-order valence-corrected chi connectivity index (χ0v) is 35.7. The van der Waals surface area contributed by atoms with Crippen molar-refractivity contribution in [2.75, 3.05) is 19.8 Å². The van der Waals surface area contributed by atoms with Gasteiger partial charge >= 0.3 is 6.09 Å². The number of nitrogens with zero attached hydrogens (tertiary/aromatic N) is 1. The summed E-state index contributed by atoms with van der Waals surface area (Å²) in [5.41, 5.74) is 8.03. The Morgan fingerprint density at radius 1 is 1.12 bits per heavy atom. The quantitative estimate of drug-likeness (QED) is 0.135. The van der Waals surface area contributed by atoms with Crippen LogP contribution < -0.4 is 26.5 Å². The Labute approximate surface area is 344 Å². The van der Waals surface area contributed by atoms with Gasteiger partial charge in [-0.2, -0.15) is 0 Å². The summed E-state index contributed by atoms with van der Waals surface area (Å²) in [6.07, 6.45) is 10.8. The highest BCUT2D eigenvalue weighted by atomic mass is 32.2. The monoisotopic (exact) mass is 851 g/mol. The standard InChI is InChI=1S/C17H30N2O2.C11H11NO2.C6H11F2NO2.C6H10FNO3S.3H2/c1-4-5-6-8-13(2)11-14(3)12-16(20)19-10-7-9-15(19)17(18)21;1-2-14-9-3-4-10-8(7-9)5-6-12-11(10)13;1-5(2,6(3,7)8)11-4(9)10;1-5(9)8-12(10,11)6(4-7)2-3-6;;;/h4-5,13-15H,6-12H2,1-3H3,(H2,18,21);3-7H,2H2,1H3,(H,12,13);1-3H3,(H2,9,10);2-4H2,1H3,(H,8,9);3*1H/b5-4-;;;;;;/t13-,14+,15-;;;;;;/m0....../s1. The molecule has 4 amide bonds. The highest BCUT2D eigenvalue weighted by Gasteiger charge is 2.55. The van der Waals surface area contributed by atoms with Gasteiger partial charge < -0.3 is 30.8 Å². The van der Waals surface area contributed by atoms with Gasteiger partial charge in [0.05, 0.1) is 6.61 Å². The fraction of sp³-hybridized carbons (Fsp3) is 0.625. The number of H-pyrrole nitrogens is 1. The van der Waals surface area contributed by atoms with E-state index in [-0.39, 0.29) is 27.7 Å². The van der Waals surface area contributed by atoms with Crippen molar-refractivity contribution in [3.63, 3.8) is 0 Å². The van der Waals surface area contributed by atoms with E-state index in [4.69, 9.17) is 10.5 Å². The zero-order chi connectivity index (χ0) is 44.5. The summed E-state index contributed by atoms with van der Waals surface area (Å²) >= 11 is 0. The summed E-state index contributed by atoms with van der Waals surface area (Å²) < 4.78 is 69.7. The van der Waals surface area contributed by atoms with Gasteiger partial charge in [0, 0.05) is 42.7 Å². The predicted molar refractivity (Wildman–Crippen MR) is 224 cm³/mol. The van der Waals surface area contributed by atoms with Crippen LogP contribution in [0, 0.1) is 11.8 Å². The number of aromatic amines is 1. The second-order valence-corrected chi connectivity index (χ2v) is 17.3. The molecule has 0 spiro atoms. The highest BCUT2D eigenvalue weighted by Crippen LogP contribution is 2.43. The van der Waals surface area contributed by atoms with Crippen molar-refractivity contribution in [1.82, 2.24) is 14.6 Å². The van der Waals surface area contributed by atoms with E-state index in [1.807, 2.05) is 26.0 Å². The van der Waals surface area contributed by atoms with E-state index in [1.54, 1.807) is 28.0 Å². The lowest BCUT2D eigenvalue weighted by atomic mass is 9.91. The molecule has 1 aromatic carbocycles. The van der Waals surface area contributed by atoms with E-state index < -0.39 is 45.0 Å². The van der Waals surface area contributed by atoms with E-state index in [9.17, 15) is 45.6 Å².